The fourth-order valence-electron chi connectivity index (χ4n) is 5.11. The predicted molar refractivity (Wildman–Crippen MR) is 160 cm³/mol. The fraction of sp³-hybridized carbons (Fsp3) is 0.515. The predicted octanol–water partition coefficient (Wildman–Crippen LogP) is 5.95. The van der Waals surface area contributed by atoms with Crippen molar-refractivity contribution < 1.29 is 33.8 Å². The number of esters is 1. The maximum atomic E-state index is 12.9. The topological polar surface area (TPSA) is 131 Å². The second-order valence-electron chi connectivity index (χ2n) is 11.7. The first kappa shape index (κ1) is 32.6. The molecule has 0 fully saturated rings. The van der Waals surface area contributed by atoms with Crippen molar-refractivity contribution in [3.8, 4) is 11.1 Å². The Morgan fingerprint density at radius 1 is 0.833 bits per heavy atom. The molecule has 0 saturated heterocycles. The van der Waals surface area contributed by atoms with Gasteiger partial charge < -0.3 is 25.2 Å². The van der Waals surface area contributed by atoms with Crippen molar-refractivity contribution >= 4 is 23.9 Å². The number of carbonyl (C=O) groups is 4. The molecule has 0 heterocycles. The van der Waals surface area contributed by atoms with E-state index in [4.69, 9.17) is 14.6 Å². The SMILES string of the molecule is CC(C)(C)OC(=O)C(CCCCNC(=O)CCCCCCC(=O)O)NC(=O)OCC1c2ccccc2-c2ccccc21. The lowest BCUT2D eigenvalue weighted by Gasteiger charge is -2.24. The van der Waals surface area contributed by atoms with Gasteiger partial charge in [-0.25, -0.2) is 9.59 Å². The molecule has 2 aromatic rings. The van der Waals surface area contributed by atoms with Crippen molar-refractivity contribution in [3.63, 3.8) is 0 Å². The first-order chi connectivity index (χ1) is 20.0. The highest BCUT2D eigenvalue weighted by molar-refractivity contribution is 5.82. The minimum atomic E-state index is -0.874. The average Bonchev–Trinajstić information content (AvgIpc) is 3.25. The molecular weight excluding hydrogens is 536 g/mol. The van der Waals surface area contributed by atoms with Gasteiger partial charge in [0.05, 0.1) is 0 Å². The van der Waals surface area contributed by atoms with Gasteiger partial charge in [0, 0.05) is 25.3 Å². The number of hydrogen-bond acceptors (Lipinski definition) is 6. The molecule has 0 saturated carbocycles. The number of carboxylic acids is 1. The Morgan fingerprint density at radius 3 is 2.02 bits per heavy atom. The Balaban J connectivity index is 1.44. The van der Waals surface area contributed by atoms with E-state index in [1.165, 1.54) is 0 Å². The first-order valence-electron chi connectivity index (χ1n) is 14.9. The molecule has 2 amide bonds. The van der Waals surface area contributed by atoms with Gasteiger partial charge in [-0.2, -0.15) is 0 Å². The van der Waals surface area contributed by atoms with Gasteiger partial charge in [-0.15, -0.1) is 0 Å². The second-order valence-corrected chi connectivity index (χ2v) is 11.7. The van der Waals surface area contributed by atoms with Crippen molar-refractivity contribution in [2.45, 2.75) is 96.1 Å². The van der Waals surface area contributed by atoms with Crippen LogP contribution in [0.4, 0.5) is 4.79 Å². The van der Waals surface area contributed by atoms with Crippen LogP contribution in [0, 0.1) is 0 Å². The smallest absolute Gasteiger partial charge is 0.407 e. The zero-order chi connectivity index (χ0) is 30.5. The molecule has 9 heteroatoms. The van der Waals surface area contributed by atoms with Crippen LogP contribution in [-0.4, -0.2) is 53.8 Å². The van der Waals surface area contributed by atoms with Crippen molar-refractivity contribution in [3.05, 3.63) is 59.7 Å². The van der Waals surface area contributed by atoms with Crippen molar-refractivity contribution in [1.29, 1.82) is 0 Å². The van der Waals surface area contributed by atoms with Gasteiger partial charge in [-0.1, -0.05) is 61.4 Å². The van der Waals surface area contributed by atoms with Gasteiger partial charge in [0.25, 0.3) is 0 Å². The number of alkyl carbamates (subject to hydrolysis) is 1. The molecule has 1 atom stereocenters. The number of benzene rings is 2. The zero-order valence-electron chi connectivity index (χ0n) is 24.9. The maximum absolute atomic E-state index is 12.9. The minimum Gasteiger partial charge on any atom is -0.481 e. The van der Waals surface area contributed by atoms with Crippen LogP contribution in [0.15, 0.2) is 48.5 Å². The highest BCUT2D eigenvalue weighted by atomic mass is 16.6. The van der Waals surface area contributed by atoms with Gasteiger partial charge in [0.15, 0.2) is 0 Å². The number of ether oxygens (including phenoxy) is 2. The lowest BCUT2D eigenvalue weighted by atomic mass is 9.98. The van der Waals surface area contributed by atoms with Crippen LogP contribution >= 0.6 is 0 Å². The van der Waals surface area contributed by atoms with E-state index in [2.05, 4.69) is 22.8 Å². The van der Waals surface area contributed by atoms with E-state index >= 15 is 0 Å². The van der Waals surface area contributed by atoms with E-state index in [9.17, 15) is 19.2 Å². The average molecular weight is 581 g/mol. The summed E-state index contributed by atoms with van der Waals surface area (Å²) >= 11 is 0. The highest BCUT2D eigenvalue weighted by Crippen LogP contribution is 2.44. The molecule has 0 spiro atoms. The van der Waals surface area contributed by atoms with Crippen LogP contribution in [0.25, 0.3) is 11.1 Å². The zero-order valence-corrected chi connectivity index (χ0v) is 24.9. The van der Waals surface area contributed by atoms with Crippen LogP contribution in [0.2, 0.25) is 0 Å². The van der Waals surface area contributed by atoms with Crippen molar-refractivity contribution in [2.24, 2.45) is 0 Å². The van der Waals surface area contributed by atoms with Crippen molar-refractivity contribution in [2.75, 3.05) is 13.2 Å². The molecule has 3 rings (SSSR count). The summed E-state index contributed by atoms with van der Waals surface area (Å²) in [6.45, 7) is 5.93. The van der Waals surface area contributed by atoms with Gasteiger partial charge in [0.1, 0.15) is 18.2 Å². The minimum absolute atomic E-state index is 0.0475. The Kier molecular flexibility index (Phi) is 12.4. The van der Waals surface area contributed by atoms with Crippen molar-refractivity contribution in [1.82, 2.24) is 10.6 Å². The van der Waals surface area contributed by atoms with E-state index < -0.39 is 29.7 Å². The Morgan fingerprint density at radius 2 is 1.43 bits per heavy atom. The quantitative estimate of drug-likeness (QED) is 0.165. The first-order valence-corrected chi connectivity index (χ1v) is 14.9. The Bertz CT molecular complexity index is 1180. The summed E-state index contributed by atoms with van der Waals surface area (Å²) in [4.78, 5) is 48.4. The van der Waals surface area contributed by atoms with E-state index in [1.54, 1.807) is 20.8 Å². The van der Waals surface area contributed by atoms with Gasteiger partial charge in [0.2, 0.25) is 5.91 Å². The van der Waals surface area contributed by atoms with Gasteiger partial charge in [-0.05, 0) is 75.1 Å². The molecule has 228 valence electrons. The largest absolute Gasteiger partial charge is 0.481 e. The summed E-state index contributed by atoms with van der Waals surface area (Å²) in [5, 5.41) is 14.2. The summed E-state index contributed by atoms with van der Waals surface area (Å²) < 4.78 is 11.2. The van der Waals surface area contributed by atoms with Gasteiger partial charge >= 0.3 is 18.0 Å². The lowest BCUT2D eigenvalue weighted by molar-refractivity contribution is -0.157. The molecule has 1 aliphatic carbocycles. The third-order valence-electron chi connectivity index (χ3n) is 7.11. The standard InChI is InChI=1S/C33H44N2O7/c1-33(2,3)42-31(39)28(18-12-13-21-34-29(36)19-6-4-5-7-20-30(37)38)35-32(40)41-22-27-25-16-10-8-14-23(25)24-15-9-11-17-26(24)27/h8-11,14-17,27-28H,4-7,12-13,18-22H2,1-3H3,(H,34,36)(H,35,40)(H,37,38). The number of nitrogens with one attached hydrogen (secondary N) is 2. The third-order valence-corrected chi connectivity index (χ3v) is 7.11. The molecule has 1 unspecified atom stereocenters. The molecule has 1 aliphatic rings. The summed E-state index contributed by atoms with van der Waals surface area (Å²) in [5.41, 5.74) is 3.78. The summed E-state index contributed by atoms with van der Waals surface area (Å²) in [5.74, 6) is -1.46. The number of unbranched alkanes of at least 4 members (excludes halogenated alkanes) is 4. The third kappa shape index (κ3) is 10.5. The highest BCUT2D eigenvalue weighted by Gasteiger charge is 2.31. The second kappa shape index (κ2) is 15.9. The van der Waals surface area contributed by atoms with Crippen LogP contribution < -0.4 is 10.6 Å². The van der Waals surface area contributed by atoms with E-state index in [1.807, 2.05) is 36.4 Å². The number of fused-ring (bicyclic) bond motifs is 3. The van der Waals surface area contributed by atoms with E-state index in [0.29, 0.717) is 38.6 Å². The number of hydrogen-bond donors (Lipinski definition) is 3. The number of aliphatic carboxylic acids is 1. The number of carbonyl (C=O) groups excluding carboxylic acids is 3. The molecule has 0 aliphatic heterocycles. The molecule has 42 heavy (non-hydrogen) atoms. The maximum Gasteiger partial charge on any atom is 0.407 e. The van der Waals surface area contributed by atoms with E-state index in [0.717, 1.165) is 41.5 Å². The summed E-state index contributed by atoms with van der Waals surface area (Å²) in [6, 6.07) is 15.3. The Hall–Kier alpha value is -3.88. The fourth-order valence-corrected chi connectivity index (χ4v) is 5.11. The molecule has 0 aromatic heterocycles. The molecule has 2 aromatic carbocycles. The van der Waals surface area contributed by atoms with Gasteiger partial charge in [-0.3, -0.25) is 9.59 Å². The molecule has 9 nitrogen and oxygen atoms in total. The van der Waals surface area contributed by atoms with Crippen LogP contribution in [0.5, 0.6) is 0 Å². The Labute approximate surface area is 248 Å². The number of amides is 2. The molecule has 3 N–H and O–H groups in total. The van der Waals surface area contributed by atoms with Crippen LogP contribution in [-0.2, 0) is 23.9 Å². The molecular formula is C33H44N2O7. The van der Waals surface area contributed by atoms with E-state index in [-0.39, 0.29) is 24.9 Å². The number of rotatable bonds is 16. The summed E-state index contributed by atoms with van der Waals surface area (Å²) in [6.07, 6.45) is 4.41. The van der Waals surface area contributed by atoms with Crippen LogP contribution in [0.3, 0.4) is 0 Å². The number of carboxylic acid groups (broad SMARTS) is 1. The lowest BCUT2D eigenvalue weighted by Crippen LogP contribution is -2.44. The molecule has 0 bridgehead atoms. The molecule has 0 radical (unpaired) electrons. The normalized spacial score (nSPS) is 13.0. The van der Waals surface area contributed by atoms with Crippen LogP contribution in [0.1, 0.15) is 95.6 Å². The summed E-state index contributed by atoms with van der Waals surface area (Å²) in [7, 11) is 0. The monoisotopic (exact) mass is 580 g/mol.